The van der Waals surface area contributed by atoms with Gasteiger partial charge in [0.25, 0.3) is 10.0 Å². The molecule has 0 bridgehead atoms. The van der Waals surface area contributed by atoms with Gasteiger partial charge in [-0.1, -0.05) is 17.7 Å². The van der Waals surface area contributed by atoms with Gasteiger partial charge in [-0.3, -0.25) is 14.1 Å². The fourth-order valence-corrected chi connectivity index (χ4v) is 7.92. The van der Waals surface area contributed by atoms with Crippen LogP contribution in [-0.4, -0.2) is 29.0 Å². The number of carbonyl (C=O) groups excluding carboxylic acids is 1. The SMILES string of the molecule is Cc1ccc(S(=O)(=O)Nc2nc(=O)n3c(C)c(C)sc(SC4CCCC(=O)CCC4)c2-3)cc1. The summed E-state index contributed by atoms with van der Waals surface area (Å²) in [5.74, 6) is 0.387. The van der Waals surface area contributed by atoms with Gasteiger partial charge in [0.2, 0.25) is 0 Å². The number of thioether (sulfide) groups is 1. The maximum atomic E-state index is 13.0. The molecule has 0 unspecified atom stereocenters. The van der Waals surface area contributed by atoms with Crippen LogP contribution in [0.1, 0.15) is 54.7 Å². The van der Waals surface area contributed by atoms with Gasteiger partial charge in [-0.25, -0.2) is 13.2 Å². The van der Waals surface area contributed by atoms with Crippen LogP contribution >= 0.6 is 23.1 Å². The number of fused-ring (bicyclic) bond motifs is 1. The smallest absolute Gasteiger partial charge is 0.300 e. The predicted molar refractivity (Wildman–Crippen MR) is 133 cm³/mol. The molecule has 0 radical (unpaired) electrons. The van der Waals surface area contributed by atoms with Crippen molar-refractivity contribution in [1.29, 1.82) is 0 Å². The first kappa shape index (κ1) is 24.0. The Labute approximate surface area is 202 Å². The molecule has 0 amide bonds. The molecular formula is C23H27N3O4S3. The molecule has 10 heteroatoms. The second-order valence-electron chi connectivity index (χ2n) is 8.44. The standard InChI is InChI=1S/C23H27N3O4S3/c1-14-10-12-19(13-11-14)33(29,30)25-21-20-22(31-16(3)15(2)26(20)23(28)24-21)32-18-8-4-6-17(27)7-5-9-18/h10-13,18H,4-9H2,1-3H3,(H,24,25,28). The van der Waals surface area contributed by atoms with E-state index in [0.717, 1.165) is 46.0 Å². The number of ketones is 1. The van der Waals surface area contributed by atoms with Crippen molar-refractivity contribution in [1.82, 2.24) is 9.55 Å². The van der Waals surface area contributed by atoms with E-state index >= 15 is 0 Å². The van der Waals surface area contributed by atoms with Gasteiger partial charge in [-0.15, -0.1) is 23.1 Å². The normalized spacial score (nSPS) is 16.0. The average Bonchev–Trinajstić information content (AvgIpc) is 3.05. The van der Waals surface area contributed by atoms with Crippen molar-refractivity contribution in [3.8, 4) is 5.69 Å². The lowest BCUT2D eigenvalue weighted by molar-refractivity contribution is -0.119. The Balaban J connectivity index is 1.73. The maximum Gasteiger partial charge on any atom is 0.354 e. The van der Waals surface area contributed by atoms with Crippen molar-refractivity contribution in [2.75, 3.05) is 4.72 Å². The summed E-state index contributed by atoms with van der Waals surface area (Å²) >= 11 is 3.22. The molecule has 1 aromatic rings. The fraction of sp³-hybridized carbons (Fsp3) is 0.435. The third kappa shape index (κ3) is 5.17. The van der Waals surface area contributed by atoms with E-state index in [-0.39, 0.29) is 10.7 Å². The first-order valence-corrected chi connectivity index (χ1v) is 14.1. The number of nitrogens with zero attached hydrogens (tertiary/aromatic N) is 2. The number of sulfonamides is 1. The van der Waals surface area contributed by atoms with Crippen LogP contribution in [0.15, 0.2) is 38.2 Å². The highest BCUT2D eigenvalue weighted by atomic mass is 32.2. The molecule has 0 atom stereocenters. The second-order valence-corrected chi connectivity index (χ2v) is 12.9. The van der Waals surface area contributed by atoms with Gasteiger partial charge >= 0.3 is 5.69 Å². The quantitative estimate of drug-likeness (QED) is 0.533. The number of Topliss-reactive ketones (excluding diaryl/α,β-unsaturated/α-hetero) is 1. The molecular weight excluding hydrogens is 478 g/mol. The molecule has 2 heterocycles. The molecule has 1 aromatic carbocycles. The first-order chi connectivity index (χ1) is 15.7. The number of nitrogens with one attached hydrogen (secondary N) is 1. The number of hydrogen-bond acceptors (Lipinski definition) is 7. The summed E-state index contributed by atoms with van der Waals surface area (Å²) in [4.78, 5) is 29.7. The number of carbonyl (C=O) groups is 1. The Kier molecular flexibility index (Phi) is 6.97. The van der Waals surface area contributed by atoms with Crippen molar-refractivity contribution >= 4 is 44.7 Å². The van der Waals surface area contributed by atoms with Crippen LogP contribution in [0.3, 0.4) is 0 Å². The molecule has 4 rings (SSSR count). The third-order valence-corrected chi connectivity index (χ3v) is 10.0. The summed E-state index contributed by atoms with van der Waals surface area (Å²) in [5.41, 5.74) is 1.72. The Morgan fingerprint density at radius 1 is 1.06 bits per heavy atom. The number of aryl methyl sites for hydroxylation is 2. The molecule has 0 aromatic heterocycles. The van der Waals surface area contributed by atoms with Crippen LogP contribution < -0.4 is 10.4 Å². The monoisotopic (exact) mass is 505 g/mol. The molecule has 2 aliphatic heterocycles. The van der Waals surface area contributed by atoms with Crippen LogP contribution in [0.25, 0.3) is 5.69 Å². The van der Waals surface area contributed by atoms with Crippen molar-refractivity contribution in [3.63, 3.8) is 0 Å². The molecule has 7 nitrogen and oxygen atoms in total. The predicted octanol–water partition coefficient (Wildman–Crippen LogP) is 4.84. The maximum absolute atomic E-state index is 13.0. The van der Waals surface area contributed by atoms with Gasteiger partial charge in [-0.05, 0) is 58.6 Å². The highest BCUT2D eigenvalue weighted by Crippen LogP contribution is 2.42. The number of hydrogen-bond donors (Lipinski definition) is 1. The number of anilines is 1. The summed E-state index contributed by atoms with van der Waals surface area (Å²) in [7, 11) is -3.90. The Morgan fingerprint density at radius 2 is 1.70 bits per heavy atom. The summed E-state index contributed by atoms with van der Waals surface area (Å²) in [6, 6.07) is 6.54. The van der Waals surface area contributed by atoms with E-state index < -0.39 is 15.7 Å². The van der Waals surface area contributed by atoms with Crippen molar-refractivity contribution in [2.45, 2.75) is 73.7 Å². The molecule has 33 heavy (non-hydrogen) atoms. The minimum atomic E-state index is -3.90. The molecule has 0 saturated heterocycles. The van der Waals surface area contributed by atoms with Crippen LogP contribution in [0.2, 0.25) is 0 Å². The summed E-state index contributed by atoms with van der Waals surface area (Å²) in [6.45, 7) is 5.68. The topological polar surface area (TPSA) is 98.1 Å². The fourth-order valence-electron chi connectivity index (χ4n) is 3.96. The largest absolute Gasteiger partial charge is 0.354 e. The average molecular weight is 506 g/mol. The Hall–Kier alpha value is -2.17. The molecule has 1 fully saturated rings. The molecule has 1 saturated carbocycles. The number of imidazole rings is 1. The van der Waals surface area contributed by atoms with Crippen molar-refractivity contribution in [2.24, 2.45) is 0 Å². The summed E-state index contributed by atoms with van der Waals surface area (Å²) < 4.78 is 31.0. The van der Waals surface area contributed by atoms with E-state index in [9.17, 15) is 18.0 Å². The molecule has 1 aliphatic carbocycles. The van der Waals surface area contributed by atoms with Gasteiger partial charge in [0.15, 0.2) is 5.82 Å². The van der Waals surface area contributed by atoms with E-state index in [1.54, 1.807) is 35.2 Å². The van der Waals surface area contributed by atoms with Crippen molar-refractivity contribution < 1.29 is 13.2 Å². The van der Waals surface area contributed by atoms with Gasteiger partial charge in [0.05, 0.1) is 9.10 Å². The lowest BCUT2D eigenvalue weighted by atomic mass is 10.00. The molecule has 1 N–H and O–H groups in total. The van der Waals surface area contributed by atoms with Crippen molar-refractivity contribution in [3.05, 3.63) is 50.9 Å². The minimum Gasteiger partial charge on any atom is -0.300 e. The highest BCUT2D eigenvalue weighted by Gasteiger charge is 2.28. The zero-order valence-corrected chi connectivity index (χ0v) is 21.3. The van der Waals surface area contributed by atoms with E-state index in [4.69, 9.17) is 0 Å². The lowest BCUT2D eigenvalue weighted by Gasteiger charge is -2.21. The zero-order valence-electron chi connectivity index (χ0n) is 18.9. The van der Waals surface area contributed by atoms with E-state index in [0.29, 0.717) is 29.6 Å². The summed E-state index contributed by atoms with van der Waals surface area (Å²) in [6.07, 6.45) is 4.74. The lowest BCUT2D eigenvalue weighted by Crippen LogP contribution is -2.18. The second kappa shape index (κ2) is 9.60. The van der Waals surface area contributed by atoms with Gasteiger partial charge in [-0.2, -0.15) is 4.98 Å². The minimum absolute atomic E-state index is 0.0587. The van der Waals surface area contributed by atoms with Crippen LogP contribution in [-0.2, 0) is 14.8 Å². The first-order valence-electron chi connectivity index (χ1n) is 11.0. The third-order valence-electron chi connectivity index (χ3n) is 5.93. The van der Waals surface area contributed by atoms with Crippen LogP contribution in [0.4, 0.5) is 5.82 Å². The van der Waals surface area contributed by atoms with E-state index in [1.807, 2.05) is 20.8 Å². The zero-order chi connectivity index (χ0) is 23.8. The Morgan fingerprint density at radius 3 is 2.33 bits per heavy atom. The summed E-state index contributed by atoms with van der Waals surface area (Å²) in [5, 5.41) is 0.298. The van der Waals surface area contributed by atoms with E-state index in [1.165, 1.54) is 16.7 Å². The molecule has 0 spiro atoms. The van der Waals surface area contributed by atoms with Crippen LogP contribution in [0, 0.1) is 20.8 Å². The number of benzene rings is 1. The van der Waals surface area contributed by atoms with Gasteiger partial charge in [0.1, 0.15) is 11.5 Å². The number of aromatic nitrogens is 2. The number of rotatable bonds is 5. The Bertz CT molecular complexity index is 1300. The molecule has 176 valence electrons. The van der Waals surface area contributed by atoms with Gasteiger partial charge in [0, 0.05) is 28.7 Å². The van der Waals surface area contributed by atoms with Crippen LogP contribution in [0.5, 0.6) is 0 Å². The highest BCUT2D eigenvalue weighted by molar-refractivity contribution is 8.01. The van der Waals surface area contributed by atoms with Gasteiger partial charge < -0.3 is 0 Å². The van der Waals surface area contributed by atoms with E-state index in [2.05, 4.69) is 9.71 Å². The molecule has 3 aliphatic rings.